The van der Waals surface area contributed by atoms with E-state index in [0.29, 0.717) is 17.8 Å². The van der Waals surface area contributed by atoms with Crippen LogP contribution >= 0.6 is 0 Å². The van der Waals surface area contributed by atoms with E-state index in [1.807, 2.05) is 35.2 Å². The number of fused-ring (bicyclic) bond motifs is 2. The molecule has 2 aliphatic rings. The zero-order valence-electron chi connectivity index (χ0n) is 19.0. The molecule has 0 aliphatic carbocycles. The van der Waals surface area contributed by atoms with Gasteiger partial charge in [0.15, 0.2) is 0 Å². The molecule has 3 aromatic carbocycles. The number of para-hydroxylation sites is 1. The molecular weight excluding hydrogens is 430 g/mol. The summed E-state index contributed by atoms with van der Waals surface area (Å²) in [4.78, 5) is 40.4. The smallest absolute Gasteiger partial charge is 0.254 e. The van der Waals surface area contributed by atoms with Gasteiger partial charge in [-0.2, -0.15) is 0 Å². The summed E-state index contributed by atoms with van der Waals surface area (Å²) in [5.41, 5.74) is 2.03. The normalized spacial score (nSPS) is 19.9. The van der Waals surface area contributed by atoms with Gasteiger partial charge < -0.3 is 20.3 Å². The van der Waals surface area contributed by atoms with Crippen molar-refractivity contribution < 1.29 is 19.1 Å². The Morgan fingerprint density at radius 2 is 1.79 bits per heavy atom. The van der Waals surface area contributed by atoms with Crippen molar-refractivity contribution in [2.24, 2.45) is 0 Å². The average molecular weight is 458 g/mol. The Labute approximate surface area is 198 Å². The molecule has 7 nitrogen and oxygen atoms in total. The Bertz CT molecular complexity index is 1270. The van der Waals surface area contributed by atoms with E-state index in [1.54, 1.807) is 31.4 Å². The van der Waals surface area contributed by atoms with Crippen LogP contribution in [-0.4, -0.2) is 42.3 Å². The zero-order valence-corrected chi connectivity index (χ0v) is 19.0. The van der Waals surface area contributed by atoms with Gasteiger partial charge >= 0.3 is 0 Å². The lowest BCUT2D eigenvalue weighted by Crippen LogP contribution is -2.42. The molecule has 5 rings (SSSR count). The number of nitrogens with one attached hydrogen (secondary N) is 2. The number of benzene rings is 3. The molecule has 34 heavy (non-hydrogen) atoms. The van der Waals surface area contributed by atoms with Gasteiger partial charge in [0.2, 0.25) is 11.8 Å². The van der Waals surface area contributed by atoms with Crippen LogP contribution in [-0.2, 0) is 9.59 Å². The maximum Gasteiger partial charge on any atom is 0.254 e. The van der Waals surface area contributed by atoms with Gasteiger partial charge in [-0.15, -0.1) is 0 Å². The Hall–Kier alpha value is -3.87. The maximum atomic E-state index is 13.3. The van der Waals surface area contributed by atoms with Crippen molar-refractivity contribution in [3.63, 3.8) is 0 Å². The molecule has 0 bridgehead atoms. The van der Waals surface area contributed by atoms with Crippen LogP contribution < -0.4 is 15.4 Å². The molecule has 2 atom stereocenters. The third-order valence-electron chi connectivity index (χ3n) is 6.77. The predicted molar refractivity (Wildman–Crippen MR) is 130 cm³/mol. The van der Waals surface area contributed by atoms with Crippen molar-refractivity contribution >= 4 is 34.2 Å². The van der Waals surface area contributed by atoms with E-state index in [1.165, 1.54) is 0 Å². The fraction of sp³-hybridized carbons (Fsp3) is 0.296. The third kappa shape index (κ3) is 3.98. The number of rotatable bonds is 5. The Balaban J connectivity index is 1.32. The lowest BCUT2D eigenvalue weighted by atomic mass is 9.96. The van der Waals surface area contributed by atoms with Crippen molar-refractivity contribution in [1.29, 1.82) is 0 Å². The van der Waals surface area contributed by atoms with E-state index < -0.39 is 6.04 Å². The van der Waals surface area contributed by atoms with Crippen LogP contribution in [0.4, 0.5) is 5.69 Å². The summed E-state index contributed by atoms with van der Waals surface area (Å²) < 4.78 is 5.52. The molecule has 0 radical (unpaired) electrons. The summed E-state index contributed by atoms with van der Waals surface area (Å²) in [5, 5.41) is 7.69. The van der Waals surface area contributed by atoms with Crippen molar-refractivity contribution in [3.05, 3.63) is 71.8 Å². The largest absolute Gasteiger partial charge is 0.496 e. The standard InChI is InChI=1S/C27H27N3O4/c1-34-24-14-12-18(17-7-2-3-8-19(17)24)23-11-6-16-30(23)25(31)15-13-22-27(33)28-21-10-5-4-9-20(21)26(32)29-22/h2-5,7-10,12,14,22-23H,6,11,13,15-16H2,1H3,(H,28,33)(H,29,32)/t22-,23?/m0/s1. The van der Waals surface area contributed by atoms with Crippen LogP contribution in [0.1, 0.15) is 47.6 Å². The number of nitrogens with zero attached hydrogens (tertiary/aromatic N) is 1. The highest BCUT2D eigenvalue weighted by Gasteiger charge is 2.33. The van der Waals surface area contributed by atoms with Gasteiger partial charge in [-0.25, -0.2) is 0 Å². The van der Waals surface area contributed by atoms with Crippen LogP contribution in [0.3, 0.4) is 0 Å². The lowest BCUT2D eigenvalue weighted by molar-refractivity contribution is -0.132. The molecule has 2 heterocycles. The molecule has 2 N–H and O–H groups in total. The van der Waals surface area contributed by atoms with Crippen molar-refractivity contribution in [3.8, 4) is 5.75 Å². The van der Waals surface area contributed by atoms with Crippen LogP contribution in [0.5, 0.6) is 5.75 Å². The quantitative estimate of drug-likeness (QED) is 0.605. The van der Waals surface area contributed by atoms with Gasteiger partial charge in [-0.05, 0) is 48.4 Å². The summed E-state index contributed by atoms with van der Waals surface area (Å²) >= 11 is 0. The Kier molecular flexibility index (Phi) is 5.92. The summed E-state index contributed by atoms with van der Waals surface area (Å²) in [6.07, 6.45) is 2.24. The van der Waals surface area contributed by atoms with Crippen molar-refractivity contribution in [1.82, 2.24) is 10.2 Å². The highest BCUT2D eigenvalue weighted by atomic mass is 16.5. The van der Waals surface area contributed by atoms with Crippen LogP contribution in [0.2, 0.25) is 0 Å². The molecule has 3 aromatic rings. The number of anilines is 1. The van der Waals surface area contributed by atoms with Crippen LogP contribution in [0.25, 0.3) is 10.8 Å². The van der Waals surface area contributed by atoms with Gasteiger partial charge in [0.1, 0.15) is 11.8 Å². The lowest BCUT2D eigenvalue weighted by Gasteiger charge is -2.27. The second-order valence-electron chi connectivity index (χ2n) is 8.75. The molecule has 174 valence electrons. The number of likely N-dealkylation sites (tertiary alicyclic amines) is 1. The maximum absolute atomic E-state index is 13.3. The van der Waals surface area contributed by atoms with Gasteiger partial charge in [-0.3, -0.25) is 14.4 Å². The average Bonchev–Trinajstić information content (AvgIpc) is 3.31. The van der Waals surface area contributed by atoms with Crippen molar-refractivity contribution in [2.45, 2.75) is 37.8 Å². The Morgan fingerprint density at radius 3 is 2.62 bits per heavy atom. The third-order valence-corrected chi connectivity index (χ3v) is 6.77. The van der Waals surface area contributed by atoms with E-state index in [-0.39, 0.29) is 36.6 Å². The van der Waals surface area contributed by atoms with Crippen molar-refractivity contribution in [2.75, 3.05) is 19.0 Å². The first-order valence-corrected chi connectivity index (χ1v) is 11.6. The van der Waals surface area contributed by atoms with Gasteiger partial charge in [0.25, 0.3) is 5.91 Å². The second kappa shape index (κ2) is 9.17. The first-order valence-electron chi connectivity index (χ1n) is 11.6. The molecule has 0 aromatic heterocycles. The molecule has 2 aliphatic heterocycles. The SMILES string of the molecule is COc1ccc(C2CCCN2C(=O)CC[C@@H]2NC(=O)c3ccccc3NC2=O)c2ccccc12. The van der Waals surface area contributed by atoms with E-state index in [2.05, 4.69) is 16.7 Å². The topological polar surface area (TPSA) is 87.7 Å². The van der Waals surface area contributed by atoms with E-state index >= 15 is 0 Å². The second-order valence-corrected chi connectivity index (χ2v) is 8.75. The first kappa shape index (κ1) is 21.9. The number of hydrogen-bond donors (Lipinski definition) is 2. The highest BCUT2D eigenvalue weighted by molar-refractivity contribution is 6.09. The van der Waals surface area contributed by atoms with Gasteiger partial charge in [0, 0.05) is 18.4 Å². The minimum absolute atomic E-state index is 0.00814. The first-order chi connectivity index (χ1) is 16.6. The molecule has 0 saturated carbocycles. The number of carbonyl (C=O) groups excluding carboxylic acids is 3. The molecule has 0 spiro atoms. The summed E-state index contributed by atoms with van der Waals surface area (Å²) in [6.45, 7) is 0.679. The van der Waals surface area contributed by atoms with Gasteiger partial charge in [-0.1, -0.05) is 42.5 Å². The summed E-state index contributed by atoms with van der Waals surface area (Å²) in [6, 6.07) is 18.2. The van der Waals surface area contributed by atoms with E-state index in [0.717, 1.165) is 34.9 Å². The highest BCUT2D eigenvalue weighted by Crippen LogP contribution is 2.39. The molecule has 1 saturated heterocycles. The molecule has 1 unspecified atom stereocenters. The molecular formula is C27H27N3O4. The summed E-state index contributed by atoms with van der Waals surface area (Å²) in [5.74, 6) is 0.193. The number of amides is 3. The Morgan fingerprint density at radius 1 is 1.03 bits per heavy atom. The van der Waals surface area contributed by atoms with E-state index in [4.69, 9.17) is 4.74 Å². The zero-order chi connectivity index (χ0) is 23.7. The minimum atomic E-state index is -0.758. The number of ether oxygens (including phenoxy) is 1. The molecule has 1 fully saturated rings. The van der Waals surface area contributed by atoms with Crippen LogP contribution in [0, 0.1) is 0 Å². The fourth-order valence-corrected chi connectivity index (χ4v) is 5.08. The minimum Gasteiger partial charge on any atom is -0.496 e. The number of hydrogen-bond acceptors (Lipinski definition) is 4. The molecule has 7 heteroatoms. The molecule has 3 amide bonds. The van der Waals surface area contributed by atoms with Crippen LogP contribution in [0.15, 0.2) is 60.7 Å². The number of carbonyl (C=O) groups is 3. The van der Waals surface area contributed by atoms with Gasteiger partial charge in [0.05, 0.1) is 24.4 Å². The predicted octanol–water partition coefficient (Wildman–Crippen LogP) is 4.04. The number of methoxy groups -OCH3 is 1. The summed E-state index contributed by atoms with van der Waals surface area (Å²) in [7, 11) is 1.66. The van der Waals surface area contributed by atoms with E-state index in [9.17, 15) is 14.4 Å². The monoisotopic (exact) mass is 457 g/mol. The fourth-order valence-electron chi connectivity index (χ4n) is 5.08.